The van der Waals surface area contributed by atoms with Gasteiger partial charge in [0.05, 0.1) is 27.9 Å². The molecule has 0 unspecified atom stereocenters. The van der Waals surface area contributed by atoms with Crippen molar-refractivity contribution in [3.05, 3.63) is 79.0 Å². The van der Waals surface area contributed by atoms with Gasteiger partial charge < -0.3 is 24.7 Å². The number of amides is 2. The van der Waals surface area contributed by atoms with Crippen LogP contribution in [0.4, 0.5) is 15.8 Å². The number of hydrogen-bond acceptors (Lipinski definition) is 7. The van der Waals surface area contributed by atoms with Crippen LogP contribution in [0, 0.1) is 5.82 Å². The van der Waals surface area contributed by atoms with Crippen LogP contribution >= 0.6 is 11.3 Å². The lowest BCUT2D eigenvalue weighted by atomic mass is 10.2. The Hall–Kier alpha value is -4.77. The number of hydrogen-bond donors (Lipinski definition) is 2. The minimum absolute atomic E-state index is 0.0173. The zero-order valence-corrected chi connectivity index (χ0v) is 21.2. The summed E-state index contributed by atoms with van der Waals surface area (Å²) >= 11 is 1.44. The van der Waals surface area contributed by atoms with Crippen molar-refractivity contribution in [1.29, 1.82) is 0 Å². The molecule has 192 valence electrons. The monoisotopic (exact) mass is 531 g/mol. The standard InChI is InChI=1S/C27H22FN5O4S/c1-33-12-11-30-27(33)23-14-19-26(38-23)22(9-10-29-19)37-20-8-7-16(13-17(20)28)31-24(34)15-25(35)32-18-5-3-4-6-21(18)36-2/h3-14H,15H2,1-2H3,(H,31,34)(H,32,35). The van der Waals surface area contributed by atoms with E-state index < -0.39 is 24.1 Å². The summed E-state index contributed by atoms with van der Waals surface area (Å²) in [6, 6.07) is 14.5. The highest BCUT2D eigenvalue weighted by molar-refractivity contribution is 7.22. The van der Waals surface area contributed by atoms with Crippen molar-refractivity contribution in [2.45, 2.75) is 6.42 Å². The third kappa shape index (κ3) is 5.32. The number of aromatic nitrogens is 3. The summed E-state index contributed by atoms with van der Waals surface area (Å²) in [4.78, 5) is 34.3. The Labute approximate surface area is 220 Å². The number of halogens is 1. The van der Waals surface area contributed by atoms with Gasteiger partial charge in [0.1, 0.15) is 23.7 Å². The van der Waals surface area contributed by atoms with E-state index in [2.05, 4.69) is 20.6 Å². The number of carbonyl (C=O) groups excluding carboxylic acids is 2. The van der Waals surface area contributed by atoms with Crippen LogP contribution in [0.3, 0.4) is 0 Å². The molecule has 0 radical (unpaired) electrons. The molecular weight excluding hydrogens is 509 g/mol. The number of para-hydroxylation sites is 2. The van der Waals surface area contributed by atoms with E-state index in [1.54, 1.807) is 42.7 Å². The van der Waals surface area contributed by atoms with E-state index in [1.165, 1.54) is 30.6 Å². The van der Waals surface area contributed by atoms with E-state index in [4.69, 9.17) is 9.47 Å². The maximum Gasteiger partial charge on any atom is 0.233 e. The van der Waals surface area contributed by atoms with Crippen molar-refractivity contribution in [2.24, 2.45) is 7.05 Å². The second-order valence-electron chi connectivity index (χ2n) is 8.22. The van der Waals surface area contributed by atoms with Gasteiger partial charge in [-0.05, 0) is 30.3 Å². The third-order valence-electron chi connectivity index (χ3n) is 5.56. The lowest BCUT2D eigenvalue weighted by molar-refractivity contribution is -0.123. The molecule has 0 saturated carbocycles. The van der Waals surface area contributed by atoms with Crippen molar-refractivity contribution < 1.29 is 23.5 Å². The molecule has 5 rings (SSSR count). The summed E-state index contributed by atoms with van der Waals surface area (Å²) in [6.07, 6.45) is 4.71. The molecule has 9 nitrogen and oxygen atoms in total. The first-order valence-corrected chi connectivity index (χ1v) is 12.3. The van der Waals surface area contributed by atoms with Crippen molar-refractivity contribution in [3.63, 3.8) is 0 Å². The lowest BCUT2D eigenvalue weighted by Crippen LogP contribution is -2.21. The molecule has 0 spiro atoms. The second kappa shape index (κ2) is 10.7. The fourth-order valence-corrected chi connectivity index (χ4v) is 4.89. The number of thiophene rings is 1. The van der Waals surface area contributed by atoms with E-state index >= 15 is 0 Å². The molecule has 0 aliphatic carbocycles. The van der Waals surface area contributed by atoms with Crippen LogP contribution in [0.2, 0.25) is 0 Å². The van der Waals surface area contributed by atoms with Gasteiger partial charge in [0.15, 0.2) is 11.6 Å². The molecule has 0 aliphatic heterocycles. The van der Waals surface area contributed by atoms with Crippen LogP contribution in [0.15, 0.2) is 73.2 Å². The van der Waals surface area contributed by atoms with E-state index in [1.807, 2.05) is 23.9 Å². The smallest absolute Gasteiger partial charge is 0.233 e. The summed E-state index contributed by atoms with van der Waals surface area (Å²) in [5, 5.41) is 5.16. The Morgan fingerprint density at radius 3 is 2.55 bits per heavy atom. The summed E-state index contributed by atoms with van der Waals surface area (Å²) < 4.78 is 28.6. The molecule has 38 heavy (non-hydrogen) atoms. The van der Waals surface area contributed by atoms with Crippen LogP contribution in [0.1, 0.15) is 6.42 Å². The molecule has 0 saturated heterocycles. The molecule has 0 aliphatic rings. The summed E-state index contributed by atoms with van der Waals surface area (Å²) in [6.45, 7) is 0. The number of benzene rings is 2. The highest BCUT2D eigenvalue weighted by Gasteiger charge is 2.16. The van der Waals surface area contributed by atoms with Crippen LogP contribution in [0.5, 0.6) is 17.2 Å². The maximum atomic E-state index is 14.9. The van der Waals surface area contributed by atoms with Crippen molar-refractivity contribution in [2.75, 3.05) is 17.7 Å². The number of imidazole rings is 1. The van der Waals surface area contributed by atoms with Gasteiger partial charge in [0.2, 0.25) is 11.8 Å². The minimum Gasteiger partial charge on any atom is -0.495 e. The second-order valence-corrected chi connectivity index (χ2v) is 9.27. The van der Waals surface area contributed by atoms with E-state index in [-0.39, 0.29) is 11.4 Å². The molecule has 2 amide bonds. The number of nitrogens with one attached hydrogen (secondary N) is 2. The maximum absolute atomic E-state index is 14.9. The Bertz CT molecular complexity index is 1650. The predicted molar refractivity (Wildman–Crippen MR) is 143 cm³/mol. The van der Waals surface area contributed by atoms with Gasteiger partial charge >= 0.3 is 0 Å². The summed E-state index contributed by atoms with van der Waals surface area (Å²) in [7, 11) is 3.39. The van der Waals surface area contributed by atoms with Crippen LogP contribution in [0.25, 0.3) is 20.9 Å². The summed E-state index contributed by atoms with van der Waals surface area (Å²) in [5.74, 6) is -0.105. The number of carbonyl (C=O) groups is 2. The van der Waals surface area contributed by atoms with Gasteiger partial charge in [-0.2, -0.15) is 0 Å². The minimum atomic E-state index is -0.674. The number of fused-ring (bicyclic) bond motifs is 1. The van der Waals surface area contributed by atoms with E-state index in [0.717, 1.165) is 21.5 Å². The molecule has 0 fully saturated rings. The quantitative estimate of drug-likeness (QED) is 0.252. The fourth-order valence-electron chi connectivity index (χ4n) is 3.78. The number of aryl methyl sites for hydroxylation is 1. The van der Waals surface area contributed by atoms with Crippen LogP contribution in [-0.4, -0.2) is 33.5 Å². The Morgan fingerprint density at radius 1 is 0.974 bits per heavy atom. The van der Waals surface area contributed by atoms with Crippen LogP contribution in [-0.2, 0) is 16.6 Å². The number of methoxy groups -OCH3 is 1. The van der Waals surface area contributed by atoms with E-state index in [0.29, 0.717) is 22.7 Å². The van der Waals surface area contributed by atoms with Crippen molar-refractivity contribution in [3.8, 4) is 28.0 Å². The zero-order valence-electron chi connectivity index (χ0n) is 20.4. The molecule has 0 atom stereocenters. The van der Waals surface area contributed by atoms with Gasteiger partial charge in [-0.15, -0.1) is 11.3 Å². The van der Waals surface area contributed by atoms with E-state index in [9.17, 15) is 14.0 Å². The molecular formula is C27H22FN5O4S. The molecule has 2 N–H and O–H groups in total. The lowest BCUT2D eigenvalue weighted by Gasteiger charge is -2.11. The van der Waals surface area contributed by atoms with Gasteiger partial charge in [-0.25, -0.2) is 9.37 Å². The van der Waals surface area contributed by atoms with Crippen molar-refractivity contribution in [1.82, 2.24) is 14.5 Å². The average molecular weight is 532 g/mol. The number of nitrogens with zero attached hydrogens (tertiary/aromatic N) is 3. The van der Waals surface area contributed by atoms with Gasteiger partial charge in [0.25, 0.3) is 0 Å². The number of pyridine rings is 1. The summed E-state index contributed by atoms with van der Waals surface area (Å²) in [5.41, 5.74) is 1.35. The highest BCUT2D eigenvalue weighted by atomic mass is 32.1. The third-order valence-corrected chi connectivity index (χ3v) is 6.69. The normalized spacial score (nSPS) is 10.8. The Morgan fingerprint density at radius 2 is 1.79 bits per heavy atom. The number of rotatable bonds is 8. The first-order chi connectivity index (χ1) is 18.4. The molecule has 2 aromatic carbocycles. The van der Waals surface area contributed by atoms with Crippen LogP contribution < -0.4 is 20.1 Å². The number of ether oxygens (including phenoxy) is 2. The predicted octanol–water partition coefficient (Wildman–Crippen LogP) is 5.60. The first-order valence-electron chi connectivity index (χ1n) is 11.5. The number of anilines is 2. The molecule has 0 bridgehead atoms. The molecule has 3 aromatic heterocycles. The van der Waals surface area contributed by atoms with Gasteiger partial charge in [-0.1, -0.05) is 12.1 Å². The topological polar surface area (TPSA) is 107 Å². The average Bonchev–Trinajstić information content (AvgIpc) is 3.52. The Balaban J connectivity index is 1.26. The van der Waals surface area contributed by atoms with Crippen molar-refractivity contribution >= 4 is 44.7 Å². The van der Waals surface area contributed by atoms with Gasteiger partial charge in [0, 0.05) is 43.5 Å². The largest absolute Gasteiger partial charge is 0.495 e. The zero-order chi connectivity index (χ0) is 26.6. The van der Waals surface area contributed by atoms with Gasteiger partial charge in [-0.3, -0.25) is 14.6 Å². The molecule has 3 heterocycles. The highest BCUT2D eigenvalue weighted by Crippen LogP contribution is 2.39. The molecule has 5 aromatic rings. The first kappa shape index (κ1) is 24.9. The Kier molecular flexibility index (Phi) is 7.00. The fraction of sp³-hybridized carbons (Fsp3) is 0.111. The molecule has 11 heteroatoms. The SMILES string of the molecule is COc1ccccc1NC(=O)CC(=O)Nc1ccc(Oc2ccnc3cc(-c4nccn4C)sc23)c(F)c1.